The third-order valence-electron chi connectivity index (χ3n) is 4.45. The van der Waals surface area contributed by atoms with E-state index in [4.69, 9.17) is 9.47 Å². The van der Waals surface area contributed by atoms with Crippen molar-refractivity contribution in [3.8, 4) is 11.5 Å². The molecule has 2 aromatic carbocycles. The zero-order valence-electron chi connectivity index (χ0n) is 14.5. The van der Waals surface area contributed by atoms with Gasteiger partial charge in [-0.05, 0) is 36.8 Å². The molecule has 7 heteroatoms. The number of nitrogens with one attached hydrogen (secondary N) is 1. The van der Waals surface area contributed by atoms with E-state index in [2.05, 4.69) is 10.5 Å². The number of benzene rings is 2. The summed E-state index contributed by atoms with van der Waals surface area (Å²) in [7, 11) is 2.97. The van der Waals surface area contributed by atoms with Gasteiger partial charge in [-0.3, -0.25) is 4.79 Å². The van der Waals surface area contributed by atoms with Crippen LogP contribution >= 0.6 is 0 Å². The molecule has 3 rings (SSSR count). The molecule has 0 spiro atoms. The Kier molecular flexibility index (Phi) is 4.88. The smallest absolute Gasteiger partial charge is 0.248 e. The van der Waals surface area contributed by atoms with Crippen LogP contribution in [-0.4, -0.2) is 25.8 Å². The molecule has 2 aromatic rings. The molecule has 2 unspecified atom stereocenters. The summed E-state index contributed by atoms with van der Waals surface area (Å²) >= 11 is 0. The van der Waals surface area contributed by atoms with Crippen LogP contribution in [0, 0.1) is 11.6 Å². The summed E-state index contributed by atoms with van der Waals surface area (Å²) in [5, 5.41) is 3.93. The SMILES string of the molecule is COc1cc(OC)cc(C2C(=O)NN=C(C)C2c2c(F)cccc2F)c1. The number of rotatable bonds is 4. The number of methoxy groups -OCH3 is 2. The second kappa shape index (κ2) is 7.11. The van der Waals surface area contributed by atoms with Crippen molar-refractivity contribution in [1.82, 2.24) is 5.43 Å². The van der Waals surface area contributed by atoms with E-state index < -0.39 is 29.4 Å². The highest BCUT2D eigenvalue weighted by molar-refractivity contribution is 6.00. The second-order valence-corrected chi connectivity index (χ2v) is 5.97. The summed E-state index contributed by atoms with van der Waals surface area (Å²) in [5.74, 6) is -2.73. The number of hydrogen-bond acceptors (Lipinski definition) is 4. The fraction of sp³-hybridized carbons (Fsp3) is 0.263. The molecular formula is C19H18F2N2O3. The number of carbonyl (C=O) groups excluding carboxylic acids is 1. The zero-order chi connectivity index (χ0) is 18.8. The Balaban J connectivity index is 2.20. The van der Waals surface area contributed by atoms with Crippen molar-refractivity contribution in [1.29, 1.82) is 0 Å². The molecule has 1 N–H and O–H groups in total. The van der Waals surface area contributed by atoms with Gasteiger partial charge in [-0.2, -0.15) is 5.10 Å². The van der Waals surface area contributed by atoms with Gasteiger partial charge in [-0.1, -0.05) is 6.07 Å². The van der Waals surface area contributed by atoms with Crippen LogP contribution in [0.5, 0.6) is 11.5 Å². The standard InChI is InChI=1S/C19H18F2N2O3/c1-10-16(18-14(20)5-4-6-15(18)21)17(19(24)23-22-10)11-7-12(25-2)9-13(8-11)26-3/h4-9,16-17H,1-3H3,(H,23,24). The average Bonchev–Trinajstić information content (AvgIpc) is 2.63. The molecule has 0 radical (unpaired) electrons. The van der Waals surface area contributed by atoms with Crippen LogP contribution in [0.1, 0.15) is 29.9 Å². The van der Waals surface area contributed by atoms with Gasteiger partial charge in [-0.25, -0.2) is 14.2 Å². The monoisotopic (exact) mass is 360 g/mol. The van der Waals surface area contributed by atoms with Crippen molar-refractivity contribution >= 4 is 11.6 Å². The molecule has 1 heterocycles. The molecule has 26 heavy (non-hydrogen) atoms. The molecule has 0 fully saturated rings. The highest BCUT2D eigenvalue weighted by atomic mass is 19.1. The molecule has 0 aliphatic carbocycles. The summed E-state index contributed by atoms with van der Waals surface area (Å²) in [6, 6.07) is 8.58. The quantitative estimate of drug-likeness (QED) is 0.910. The molecule has 136 valence electrons. The van der Waals surface area contributed by atoms with Gasteiger partial charge in [0.05, 0.1) is 20.1 Å². The van der Waals surface area contributed by atoms with E-state index in [1.54, 1.807) is 25.1 Å². The van der Waals surface area contributed by atoms with Gasteiger partial charge in [0.1, 0.15) is 23.1 Å². The lowest BCUT2D eigenvalue weighted by atomic mass is 9.77. The molecule has 5 nitrogen and oxygen atoms in total. The van der Waals surface area contributed by atoms with E-state index >= 15 is 0 Å². The topological polar surface area (TPSA) is 59.9 Å². The first-order valence-corrected chi connectivity index (χ1v) is 7.97. The summed E-state index contributed by atoms with van der Waals surface area (Å²) in [6.45, 7) is 1.63. The number of ether oxygens (including phenoxy) is 2. The maximum absolute atomic E-state index is 14.4. The van der Waals surface area contributed by atoms with Crippen LogP contribution in [-0.2, 0) is 4.79 Å². The van der Waals surface area contributed by atoms with E-state index in [9.17, 15) is 13.6 Å². The fourth-order valence-corrected chi connectivity index (χ4v) is 3.21. The number of nitrogens with zero attached hydrogens (tertiary/aromatic N) is 1. The largest absolute Gasteiger partial charge is 0.497 e. The van der Waals surface area contributed by atoms with Crippen LogP contribution < -0.4 is 14.9 Å². The van der Waals surface area contributed by atoms with E-state index in [-0.39, 0.29) is 5.56 Å². The Morgan fingerprint density at radius 2 is 1.58 bits per heavy atom. The van der Waals surface area contributed by atoms with E-state index in [0.29, 0.717) is 22.8 Å². The minimum atomic E-state index is -0.887. The van der Waals surface area contributed by atoms with Gasteiger partial charge >= 0.3 is 0 Å². The predicted octanol–water partition coefficient (Wildman–Crippen LogP) is 3.36. The molecule has 0 bridgehead atoms. The normalized spacial score (nSPS) is 19.6. The highest BCUT2D eigenvalue weighted by Gasteiger charge is 2.39. The molecular weight excluding hydrogens is 342 g/mol. The van der Waals surface area contributed by atoms with Crippen LogP contribution in [0.2, 0.25) is 0 Å². The Morgan fingerprint density at radius 1 is 1.00 bits per heavy atom. The van der Waals surface area contributed by atoms with Crippen molar-refractivity contribution in [3.63, 3.8) is 0 Å². The lowest BCUT2D eigenvalue weighted by Crippen LogP contribution is -2.39. The molecule has 1 amide bonds. The first kappa shape index (κ1) is 17.8. The van der Waals surface area contributed by atoms with Gasteiger partial charge in [0.25, 0.3) is 0 Å². The Labute approximate surface area is 149 Å². The highest BCUT2D eigenvalue weighted by Crippen LogP contribution is 2.41. The van der Waals surface area contributed by atoms with Gasteiger partial charge in [0.2, 0.25) is 5.91 Å². The fourth-order valence-electron chi connectivity index (χ4n) is 3.21. The minimum absolute atomic E-state index is 0.185. The summed E-state index contributed by atoms with van der Waals surface area (Å²) in [4.78, 5) is 12.6. The lowest BCUT2D eigenvalue weighted by molar-refractivity contribution is -0.123. The molecule has 0 saturated carbocycles. The van der Waals surface area contributed by atoms with Crippen molar-refractivity contribution in [2.24, 2.45) is 5.10 Å². The van der Waals surface area contributed by atoms with Crippen LogP contribution in [0.15, 0.2) is 41.5 Å². The van der Waals surface area contributed by atoms with Crippen LogP contribution in [0.25, 0.3) is 0 Å². The maximum atomic E-state index is 14.4. The average molecular weight is 360 g/mol. The first-order chi connectivity index (χ1) is 12.5. The van der Waals surface area contributed by atoms with Crippen LogP contribution in [0.3, 0.4) is 0 Å². The van der Waals surface area contributed by atoms with Crippen LogP contribution in [0.4, 0.5) is 8.78 Å². The third kappa shape index (κ3) is 3.12. The van der Waals surface area contributed by atoms with Crippen molar-refractivity contribution in [3.05, 3.63) is 59.2 Å². The van der Waals surface area contributed by atoms with Gasteiger partial charge in [0, 0.05) is 23.3 Å². The molecule has 2 atom stereocenters. The number of carbonyl (C=O) groups is 1. The van der Waals surface area contributed by atoms with Crippen molar-refractivity contribution in [2.45, 2.75) is 18.8 Å². The summed E-state index contributed by atoms with van der Waals surface area (Å²) in [6.07, 6.45) is 0. The van der Waals surface area contributed by atoms with Gasteiger partial charge in [0.15, 0.2) is 0 Å². The maximum Gasteiger partial charge on any atom is 0.248 e. The molecule has 0 saturated heterocycles. The Bertz CT molecular complexity index is 841. The van der Waals surface area contributed by atoms with Crippen molar-refractivity contribution in [2.75, 3.05) is 14.2 Å². The Morgan fingerprint density at radius 3 is 2.12 bits per heavy atom. The summed E-state index contributed by atoms with van der Waals surface area (Å²) in [5.41, 5.74) is 3.15. The van der Waals surface area contributed by atoms with Crippen molar-refractivity contribution < 1.29 is 23.0 Å². The second-order valence-electron chi connectivity index (χ2n) is 5.97. The predicted molar refractivity (Wildman–Crippen MR) is 92.6 cm³/mol. The van der Waals surface area contributed by atoms with E-state index in [1.165, 1.54) is 32.4 Å². The van der Waals surface area contributed by atoms with E-state index in [1.807, 2.05) is 0 Å². The minimum Gasteiger partial charge on any atom is -0.497 e. The molecule has 1 aliphatic rings. The number of hydrazone groups is 1. The van der Waals surface area contributed by atoms with E-state index in [0.717, 1.165) is 0 Å². The number of halogens is 2. The molecule has 1 aliphatic heterocycles. The van der Waals surface area contributed by atoms with Gasteiger partial charge < -0.3 is 9.47 Å². The lowest BCUT2D eigenvalue weighted by Gasteiger charge is -2.31. The first-order valence-electron chi connectivity index (χ1n) is 7.97. The zero-order valence-corrected chi connectivity index (χ0v) is 14.5. The third-order valence-corrected chi connectivity index (χ3v) is 4.45. The van der Waals surface area contributed by atoms with Gasteiger partial charge in [-0.15, -0.1) is 0 Å². The summed E-state index contributed by atoms with van der Waals surface area (Å²) < 4.78 is 39.4. The Hall–Kier alpha value is -2.96. The molecule has 0 aromatic heterocycles. The number of hydrogen-bond donors (Lipinski definition) is 1. The number of amides is 1.